The molecule has 0 aliphatic carbocycles. The van der Waals surface area contributed by atoms with Gasteiger partial charge in [0.1, 0.15) is 5.76 Å². The maximum absolute atomic E-state index is 13.4. The van der Waals surface area contributed by atoms with Crippen molar-refractivity contribution in [3.63, 3.8) is 0 Å². The Morgan fingerprint density at radius 1 is 1.31 bits per heavy atom. The highest BCUT2D eigenvalue weighted by Gasteiger charge is 2.38. The zero-order valence-electron chi connectivity index (χ0n) is 16.3. The van der Waals surface area contributed by atoms with Gasteiger partial charge in [-0.2, -0.15) is 0 Å². The third kappa shape index (κ3) is 4.83. The molecule has 0 saturated heterocycles. The molecule has 152 valence electrons. The summed E-state index contributed by atoms with van der Waals surface area (Å²) in [6.07, 6.45) is 2.18. The molecule has 2 amide bonds. The van der Waals surface area contributed by atoms with Crippen LogP contribution in [0.25, 0.3) is 0 Å². The number of hydrogen-bond acceptors (Lipinski definition) is 6. The minimum atomic E-state index is -1.05. The Morgan fingerprint density at radius 2 is 2.10 bits per heavy atom. The number of amides is 2. The highest BCUT2D eigenvalue weighted by molar-refractivity contribution is 7.03. The SMILES string of the molecule is CCC(C)(C)NC(=O)C(c1ccco1)N(C(=O)c1csnn1)c1cccc(Cl)c1. The van der Waals surface area contributed by atoms with Gasteiger partial charge in [0.05, 0.1) is 6.26 Å². The molecule has 1 atom stereocenters. The van der Waals surface area contributed by atoms with Gasteiger partial charge in [-0.15, -0.1) is 5.10 Å². The lowest BCUT2D eigenvalue weighted by Crippen LogP contribution is -2.50. The minimum Gasteiger partial charge on any atom is -0.467 e. The van der Waals surface area contributed by atoms with E-state index in [0.29, 0.717) is 22.9 Å². The van der Waals surface area contributed by atoms with Crippen LogP contribution in [0.5, 0.6) is 0 Å². The summed E-state index contributed by atoms with van der Waals surface area (Å²) in [4.78, 5) is 28.1. The van der Waals surface area contributed by atoms with Gasteiger partial charge < -0.3 is 9.73 Å². The van der Waals surface area contributed by atoms with Gasteiger partial charge in [-0.1, -0.05) is 29.1 Å². The van der Waals surface area contributed by atoms with Crippen molar-refractivity contribution in [2.75, 3.05) is 4.90 Å². The molecule has 0 bridgehead atoms. The highest BCUT2D eigenvalue weighted by Crippen LogP contribution is 2.32. The Morgan fingerprint density at radius 3 is 2.69 bits per heavy atom. The number of anilines is 1. The van der Waals surface area contributed by atoms with E-state index in [1.54, 1.807) is 36.4 Å². The van der Waals surface area contributed by atoms with Gasteiger partial charge in [0, 0.05) is 21.6 Å². The second-order valence-electron chi connectivity index (χ2n) is 7.09. The second-order valence-corrected chi connectivity index (χ2v) is 8.14. The van der Waals surface area contributed by atoms with E-state index in [0.717, 1.165) is 11.5 Å². The lowest BCUT2D eigenvalue weighted by atomic mass is 10.0. The van der Waals surface area contributed by atoms with Crippen LogP contribution < -0.4 is 10.2 Å². The van der Waals surface area contributed by atoms with Crippen molar-refractivity contribution in [2.24, 2.45) is 0 Å². The number of hydrogen-bond donors (Lipinski definition) is 1. The minimum absolute atomic E-state index is 0.133. The first kappa shape index (κ1) is 21.0. The largest absolute Gasteiger partial charge is 0.467 e. The molecule has 0 spiro atoms. The van der Waals surface area contributed by atoms with Crippen LogP contribution in [0.4, 0.5) is 5.69 Å². The van der Waals surface area contributed by atoms with Crippen molar-refractivity contribution in [2.45, 2.75) is 38.8 Å². The van der Waals surface area contributed by atoms with Crippen molar-refractivity contribution in [3.8, 4) is 0 Å². The predicted octanol–water partition coefficient (Wildman–Crippen LogP) is 4.48. The quantitative estimate of drug-likeness (QED) is 0.594. The summed E-state index contributed by atoms with van der Waals surface area (Å²) in [5.41, 5.74) is 0.114. The number of benzene rings is 1. The summed E-state index contributed by atoms with van der Waals surface area (Å²) < 4.78 is 9.31. The number of furan rings is 1. The molecule has 29 heavy (non-hydrogen) atoms. The zero-order valence-corrected chi connectivity index (χ0v) is 17.8. The number of halogens is 1. The van der Waals surface area contributed by atoms with Crippen LogP contribution in [0, 0.1) is 0 Å². The van der Waals surface area contributed by atoms with Crippen LogP contribution in [-0.4, -0.2) is 26.9 Å². The molecular formula is C20H21ClN4O3S. The third-order valence-corrected chi connectivity index (χ3v) is 5.29. The van der Waals surface area contributed by atoms with Crippen LogP contribution in [-0.2, 0) is 4.79 Å². The molecule has 0 saturated carbocycles. The number of carbonyl (C=O) groups excluding carboxylic acids is 2. The van der Waals surface area contributed by atoms with E-state index in [1.807, 2.05) is 20.8 Å². The highest BCUT2D eigenvalue weighted by atomic mass is 35.5. The van der Waals surface area contributed by atoms with E-state index in [2.05, 4.69) is 14.9 Å². The van der Waals surface area contributed by atoms with Gasteiger partial charge in [-0.25, -0.2) is 0 Å². The molecule has 0 fully saturated rings. The first-order valence-corrected chi connectivity index (χ1v) is 10.3. The third-order valence-electron chi connectivity index (χ3n) is 4.55. The lowest BCUT2D eigenvalue weighted by Gasteiger charge is -2.33. The van der Waals surface area contributed by atoms with Crippen LogP contribution in [0.3, 0.4) is 0 Å². The standard InChI is InChI=1S/C20H21ClN4O3S/c1-4-20(2,3)22-18(26)17(16-9-6-10-28-16)25(14-8-5-7-13(21)11-14)19(27)15-12-29-24-23-15/h5-12,17H,4H2,1-3H3,(H,22,26). The van der Waals surface area contributed by atoms with E-state index in [4.69, 9.17) is 16.0 Å². The van der Waals surface area contributed by atoms with E-state index in [-0.39, 0.29) is 11.6 Å². The fourth-order valence-corrected chi connectivity index (χ4v) is 3.32. The maximum atomic E-state index is 13.4. The molecular weight excluding hydrogens is 412 g/mol. The van der Waals surface area contributed by atoms with Crippen LogP contribution in [0.15, 0.2) is 52.5 Å². The zero-order chi connectivity index (χ0) is 21.0. The molecule has 0 aliphatic rings. The fraction of sp³-hybridized carbons (Fsp3) is 0.300. The van der Waals surface area contributed by atoms with Crippen molar-refractivity contribution in [1.29, 1.82) is 0 Å². The number of nitrogens with one attached hydrogen (secondary N) is 1. The van der Waals surface area contributed by atoms with E-state index < -0.39 is 17.5 Å². The first-order valence-electron chi connectivity index (χ1n) is 9.04. The monoisotopic (exact) mass is 432 g/mol. The summed E-state index contributed by atoms with van der Waals surface area (Å²) in [6.45, 7) is 5.81. The average molecular weight is 433 g/mol. The Hall–Kier alpha value is -2.71. The van der Waals surface area contributed by atoms with Gasteiger partial charge in [0.15, 0.2) is 11.7 Å². The molecule has 7 nitrogen and oxygen atoms in total. The fourth-order valence-electron chi connectivity index (χ4n) is 2.70. The summed E-state index contributed by atoms with van der Waals surface area (Å²) >= 11 is 7.22. The predicted molar refractivity (Wildman–Crippen MR) is 112 cm³/mol. The number of aromatic nitrogens is 2. The van der Waals surface area contributed by atoms with Crippen molar-refractivity contribution < 1.29 is 14.0 Å². The van der Waals surface area contributed by atoms with Gasteiger partial charge >= 0.3 is 0 Å². The molecule has 1 unspecified atom stereocenters. The van der Waals surface area contributed by atoms with Crippen LogP contribution in [0.1, 0.15) is 49.5 Å². The summed E-state index contributed by atoms with van der Waals surface area (Å²) in [6, 6.07) is 9.01. The van der Waals surface area contributed by atoms with Gasteiger partial charge in [-0.05, 0) is 62.1 Å². The van der Waals surface area contributed by atoms with Gasteiger partial charge in [0.25, 0.3) is 11.8 Å². The molecule has 3 rings (SSSR count). The summed E-state index contributed by atoms with van der Waals surface area (Å²) in [5, 5.41) is 8.85. The van der Waals surface area contributed by atoms with E-state index in [9.17, 15) is 9.59 Å². The van der Waals surface area contributed by atoms with Gasteiger partial charge in [-0.3, -0.25) is 14.5 Å². The second kappa shape index (κ2) is 8.75. The molecule has 2 heterocycles. The molecule has 0 radical (unpaired) electrons. The van der Waals surface area contributed by atoms with Gasteiger partial charge in [0.2, 0.25) is 0 Å². The van der Waals surface area contributed by atoms with Crippen LogP contribution >= 0.6 is 23.1 Å². The lowest BCUT2D eigenvalue weighted by molar-refractivity contribution is -0.124. The van der Waals surface area contributed by atoms with Crippen LogP contribution in [0.2, 0.25) is 5.02 Å². The van der Waals surface area contributed by atoms with E-state index >= 15 is 0 Å². The topological polar surface area (TPSA) is 88.3 Å². The number of nitrogens with zero attached hydrogens (tertiary/aromatic N) is 3. The first-order chi connectivity index (χ1) is 13.8. The van der Waals surface area contributed by atoms with Crippen molar-refractivity contribution in [3.05, 3.63) is 64.5 Å². The Labute approximate surface area is 177 Å². The maximum Gasteiger partial charge on any atom is 0.280 e. The smallest absolute Gasteiger partial charge is 0.280 e. The van der Waals surface area contributed by atoms with Crippen molar-refractivity contribution in [1.82, 2.24) is 14.9 Å². The normalized spacial score (nSPS) is 12.4. The Balaban J connectivity index is 2.12. The molecule has 1 aromatic carbocycles. The summed E-state index contributed by atoms with van der Waals surface area (Å²) in [5.74, 6) is -0.527. The number of rotatable bonds is 7. The van der Waals surface area contributed by atoms with Crippen molar-refractivity contribution >= 4 is 40.6 Å². The molecule has 1 N–H and O–H groups in total. The Kier molecular flexibility index (Phi) is 6.34. The van der Waals surface area contributed by atoms with E-state index in [1.165, 1.54) is 16.5 Å². The summed E-state index contributed by atoms with van der Waals surface area (Å²) in [7, 11) is 0. The molecule has 2 aromatic heterocycles. The Bertz CT molecular complexity index is 974. The molecule has 9 heteroatoms. The average Bonchev–Trinajstić information content (AvgIpc) is 3.39. The molecule has 3 aromatic rings. The number of carbonyl (C=O) groups is 2. The molecule has 0 aliphatic heterocycles.